The predicted molar refractivity (Wildman–Crippen MR) is 84.4 cm³/mol. The molecule has 0 aliphatic heterocycles. The number of aryl methyl sites for hydroxylation is 1. The summed E-state index contributed by atoms with van der Waals surface area (Å²) >= 11 is 0. The summed E-state index contributed by atoms with van der Waals surface area (Å²) in [6.45, 7) is 4.37. The van der Waals surface area contributed by atoms with Crippen molar-refractivity contribution in [3.63, 3.8) is 0 Å². The number of fused-ring (bicyclic) bond motifs is 3. The van der Waals surface area contributed by atoms with E-state index in [9.17, 15) is 8.78 Å². The van der Waals surface area contributed by atoms with Crippen LogP contribution in [0.4, 0.5) is 8.78 Å². The van der Waals surface area contributed by atoms with Crippen molar-refractivity contribution in [1.82, 2.24) is 0 Å². The molecule has 0 atom stereocenters. The van der Waals surface area contributed by atoms with Crippen LogP contribution in [-0.4, -0.2) is 6.61 Å². The molecule has 1 nitrogen and oxygen atoms in total. The average Bonchev–Trinajstić information content (AvgIpc) is 2.90. The van der Waals surface area contributed by atoms with Crippen molar-refractivity contribution in [3.05, 3.63) is 52.6 Å². The monoisotopic (exact) mass is 302 g/mol. The maximum absolute atomic E-state index is 14.6. The first kappa shape index (κ1) is 15.0. The number of unbranched alkanes of at least 4 members (excludes halogenated alkanes) is 2. The summed E-state index contributed by atoms with van der Waals surface area (Å²) in [6.07, 6.45) is 3.39. The molecule has 2 aromatic rings. The maximum Gasteiger partial charge on any atom is 0.169 e. The second-order valence-electron chi connectivity index (χ2n) is 5.86. The molecule has 0 saturated carbocycles. The van der Waals surface area contributed by atoms with Gasteiger partial charge in [0.2, 0.25) is 0 Å². The van der Waals surface area contributed by atoms with E-state index >= 15 is 0 Å². The molecule has 0 fully saturated rings. The van der Waals surface area contributed by atoms with Crippen molar-refractivity contribution in [3.8, 4) is 16.9 Å². The molecule has 0 heterocycles. The molecular formula is C19H20F2O. The van der Waals surface area contributed by atoms with Gasteiger partial charge in [-0.15, -0.1) is 0 Å². The molecule has 2 aromatic carbocycles. The molecule has 0 radical (unpaired) electrons. The van der Waals surface area contributed by atoms with E-state index in [1.165, 1.54) is 0 Å². The summed E-state index contributed by atoms with van der Waals surface area (Å²) in [6, 6.07) is 7.12. The van der Waals surface area contributed by atoms with E-state index in [1.54, 1.807) is 19.1 Å². The van der Waals surface area contributed by atoms with Gasteiger partial charge in [-0.25, -0.2) is 8.78 Å². The van der Waals surface area contributed by atoms with Gasteiger partial charge < -0.3 is 4.74 Å². The Morgan fingerprint density at radius 1 is 0.955 bits per heavy atom. The van der Waals surface area contributed by atoms with Crippen molar-refractivity contribution in [1.29, 1.82) is 0 Å². The van der Waals surface area contributed by atoms with Gasteiger partial charge in [-0.2, -0.15) is 0 Å². The second kappa shape index (κ2) is 6.07. The van der Waals surface area contributed by atoms with Crippen LogP contribution in [-0.2, 0) is 6.42 Å². The molecule has 0 spiro atoms. The van der Waals surface area contributed by atoms with Crippen LogP contribution in [0.15, 0.2) is 24.3 Å². The lowest BCUT2D eigenvalue weighted by Crippen LogP contribution is -2.01. The molecule has 0 aromatic heterocycles. The Morgan fingerprint density at radius 2 is 1.64 bits per heavy atom. The Hall–Kier alpha value is -1.90. The molecule has 0 N–H and O–H groups in total. The molecule has 3 heteroatoms. The fourth-order valence-corrected chi connectivity index (χ4v) is 3.01. The van der Waals surface area contributed by atoms with Crippen LogP contribution in [0, 0.1) is 18.6 Å². The standard InChI is InChI=1S/C19H20F2O/c1-3-4-5-10-22-17-9-8-14-13-7-6-12(2)18(20)15(13)11-16(14)19(17)21/h6-9H,3-5,10-11H2,1-2H3. The molecule has 0 bridgehead atoms. The van der Waals surface area contributed by atoms with Crippen LogP contribution in [0.2, 0.25) is 0 Å². The van der Waals surface area contributed by atoms with Gasteiger partial charge in [-0.1, -0.05) is 38.0 Å². The highest BCUT2D eigenvalue weighted by molar-refractivity contribution is 5.78. The third-order valence-electron chi connectivity index (χ3n) is 4.29. The third kappa shape index (κ3) is 2.49. The quantitative estimate of drug-likeness (QED) is 0.572. The summed E-state index contributed by atoms with van der Waals surface area (Å²) in [7, 11) is 0. The zero-order chi connectivity index (χ0) is 15.7. The lowest BCUT2D eigenvalue weighted by atomic mass is 10.0. The maximum atomic E-state index is 14.6. The number of ether oxygens (including phenoxy) is 1. The first-order valence-electron chi connectivity index (χ1n) is 7.86. The van der Waals surface area contributed by atoms with Crippen LogP contribution < -0.4 is 4.74 Å². The van der Waals surface area contributed by atoms with Crippen molar-refractivity contribution in [2.75, 3.05) is 6.61 Å². The van der Waals surface area contributed by atoms with Crippen molar-refractivity contribution in [2.24, 2.45) is 0 Å². The zero-order valence-electron chi connectivity index (χ0n) is 13.0. The topological polar surface area (TPSA) is 9.23 Å². The second-order valence-corrected chi connectivity index (χ2v) is 5.86. The van der Waals surface area contributed by atoms with E-state index in [0.717, 1.165) is 30.4 Å². The molecule has 0 unspecified atom stereocenters. The van der Waals surface area contributed by atoms with Gasteiger partial charge in [0.15, 0.2) is 11.6 Å². The molecule has 3 rings (SSSR count). The Bertz CT molecular complexity index is 707. The van der Waals surface area contributed by atoms with Gasteiger partial charge in [-0.3, -0.25) is 0 Å². The molecule has 1 aliphatic carbocycles. The molecule has 0 saturated heterocycles. The lowest BCUT2D eigenvalue weighted by Gasteiger charge is -2.10. The van der Waals surface area contributed by atoms with Crippen molar-refractivity contribution in [2.45, 2.75) is 39.5 Å². The first-order valence-corrected chi connectivity index (χ1v) is 7.86. The van der Waals surface area contributed by atoms with Gasteiger partial charge in [0.05, 0.1) is 6.61 Å². The minimum atomic E-state index is -0.345. The van der Waals surface area contributed by atoms with E-state index in [1.807, 2.05) is 12.1 Å². The van der Waals surface area contributed by atoms with E-state index in [0.29, 0.717) is 29.7 Å². The number of halogens is 2. The molecule has 22 heavy (non-hydrogen) atoms. The van der Waals surface area contributed by atoms with E-state index in [-0.39, 0.29) is 17.4 Å². The normalized spacial score (nSPS) is 12.2. The minimum absolute atomic E-state index is 0.224. The number of rotatable bonds is 5. The largest absolute Gasteiger partial charge is 0.491 e. The van der Waals surface area contributed by atoms with Crippen molar-refractivity contribution < 1.29 is 13.5 Å². The molecular weight excluding hydrogens is 282 g/mol. The Kier molecular flexibility index (Phi) is 4.14. The fourth-order valence-electron chi connectivity index (χ4n) is 3.01. The Morgan fingerprint density at radius 3 is 2.36 bits per heavy atom. The van der Waals surface area contributed by atoms with E-state index < -0.39 is 0 Å². The first-order chi connectivity index (χ1) is 10.6. The van der Waals surface area contributed by atoms with Crippen LogP contribution in [0.25, 0.3) is 11.1 Å². The number of hydrogen-bond acceptors (Lipinski definition) is 1. The Balaban J connectivity index is 1.89. The lowest BCUT2D eigenvalue weighted by molar-refractivity contribution is 0.291. The zero-order valence-corrected chi connectivity index (χ0v) is 13.0. The summed E-state index contributed by atoms with van der Waals surface area (Å²) in [5.41, 5.74) is 3.33. The van der Waals surface area contributed by atoms with Crippen LogP contribution in [0.3, 0.4) is 0 Å². The van der Waals surface area contributed by atoms with Crippen LogP contribution in [0.5, 0.6) is 5.75 Å². The van der Waals surface area contributed by atoms with Crippen LogP contribution in [0.1, 0.15) is 42.9 Å². The summed E-state index contributed by atoms with van der Waals surface area (Å²) in [4.78, 5) is 0. The molecule has 116 valence electrons. The summed E-state index contributed by atoms with van der Waals surface area (Å²) in [5.74, 6) is -0.291. The van der Waals surface area contributed by atoms with Gasteiger partial charge in [0.25, 0.3) is 0 Å². The van der Waals surface area contributed by atoms with E-state index in [4.69, 9.17) is 4.74 Å². The minimum Gasteiger partial charge on any atom is -0.491 e. The van der Waals surface area contributed by atoms with Gasteiger partial charge in [0, 0.05) is 17.5 Å². The number of benzene rings is 2. The highest BCUT2D eigenvalue weighted by Crippen LogP contribution is 2.42. The van der Waals surface area contributed by atoms with Crippen LogP contribution >= 0.6 is 0 Å². The highest BCUT2D eigenvalue weighted by Gasteiger charge is 2.26. The van der Waals surface area contributed by atoms with Gasteiger partial charge in [0.1, 0.15) is 5.82 Å². The molecule has 1 aliphatic rings. The Labute approximate surface area is 129 Å². The van der Waals surface area contributed by atoms with E-state index in [2.05, 4.69) is 6.92 Å². The predicted octanol–water partition coefficient (Wildman–Crippen LogP) is 5.41. The summed E-state index contributed by atoms with van der Waals surface area (Å²) in [5, 5.41) is 0. The fraction of sp³-hybridized carbons (Fsp3) is 0.368. The smallest absolute Gasteiger partial charge is 0.169 e. The highest BCUT2D eigenvalue weighted by atomic mass is 19.1. The third-order valence-corrected chi connectivity index (χ3v) is 4.29. The molecule has 0 amide bonds. The average molecular weight is 302 g/mol. The van der Waals surface area contributed by atoms with Crippen molar-refractivity contribution >= 4 is 0 Å². The SMILES string of the molecule is CCCCCOc1ccc2c(c1F)Cc1c-2ccc(C)c1F. The number of hydrogen-bond donors (Lipinski definition) is 0. The summed E-state index contributed by atoms with van der Waals surface area (Å²) < 4.78 is 34.4. The van der Waals surface area contributed by atoms with Gasteiger partial charge >= 0.3 is 0 Å². The van der Waals surface area contributed by atoms with Gasteiger partial charge in [-0.05, 0) is 36.1 Å².